The van der Waals surface area contributed by atoms with E-state index in [0.717, 1.165) is 9.81 Å². The zero-order chi connectivity index (χ0) is 18.4. The van der Waals surface area contributed by atoms with Crippen LogP contribution in [0.3, 0.4) is 0 Å². The van der Waals surface area contributed by atoms with Gasteiger partial charge in [0.05, 0.1) is 0 Å². The Morgan fingerprint density at radius 1 is 0.741 bits per heavy atom. The number of hydrogen-bond acceptors (Lipinski definition) is 2. The van der Waals surface area contributed by atoms with Gasteiger partial charge in [0, 0.05) is 14.1 Å². The summed E-state index contributed by atoms with van der Waals surface area (Å²) in [5, 5.41) is 4.18. The Hall–Kier alpha value is -1.19. The van der Waals surface area contributed by atoms with E-state index in [2.05, 4.69) is 91.0 Å². The maximum Gasteiger partial charge on any atom is 0.139 e. The molecule has 0 N–H and O–H groups in total. The number of benzene rings is 3. The lowest BCUT2D eigenvalue weighted by Gasteiger charge is -2.28. The molecule has 0 aromatic heterocycles. The second-order valence-electron chi connectivity index (χ2n) is 6.25. The molecule has 0 fully saturated rings. The van der Waals surface area contributed by atoms with E-state index in [9.17, 15) is 0 Å². The summed E-state index contributed by atoms with van der Waals surface area (Å²) in [6.45, 7) is 0. The Morgan fingerprint density at radius 2 is 1.07 bits per heavy atom. The Labute approximate surface area is 183 Å². The maximum atomic E-state index is 5.60. The SMILES string of the molecule is CN(C)C(=S)SC[P+](c1ccccc1)(c1ccccc1)c1ccccc1.[Br-]. The molecule has 0 saturated carbocycles. The number of thiocarbonyl (C=S) groups is 1. The molecule has 1 nitrogen and oxygen atoms in total. The molecule has 0 amide bonds. The first-order chi connectivity index (χ1) is 12.6. The van der Waals surface area contributed by atoms with E-state index in [1.54, 1.807) is 11.8 Å². The van der Waals surface area contributed by atoms with Gasteiger partial charge in [0.2, 0.25) is 0 Å². The minimum atomic E-state index is -1.80. The van der Waals surface area contributed by atoms with Crippen LogP contribution in [0.4, 0.5) is 0 Å². The van der Waals surface area contributed by atoms with Crippen molar-refractivity contribution in [3.63, 3.8) is 0 Å². The molecule has 140 valence electrons. The Balaban J connectivity index is 0.00000261. The summed E-state index contributed by atoms with van der Waals surface area (Å²) in [4.78, 5) is 2.02. The average molecular weight is 476 g/mol. The Bertz CT molecular complexity index is 745. The van der Waals surface area contributed by atoms with Gasteiger partial charge >= 0.3 is 0 Å². The van der Waals surface area contributed by atoms with Crippen molar-refractivity contribution in [3.05, 3.63) is 91.0 Å². The molecule has 0 saturated heterocycles. The van der Waals surface area contributed by atoms with Gasteiger partial charge in [0.15, 0.2) is 0 Å². The lowest BCUT2D eigenvalue weighted by molar-refractivity contribution is -0.00000496. The molecule has 0 heterocycles. The minimum Gasteiger partial charge on any atom is -1.00 e. The maximum absolute atomic E-state index is 5.60. The predicted octanol–water partition coefficient (Wildman–Crippen LogP) is 1.52. The highest BCUT2D eigenvalue weighted by atomic mass is 79.9. The van der Waals surface area contributed by atoms with Crippen molar-refractivity contribution >= 4 is 51.5 Å². The van der Waals surface area contributed by atoms with Gasteiger partial charge in [-0.05, 0) is 36.4 Å². The first-order valence-electron chi connectivity index (χ1n) is 8.53. The summed E-state index contributed by atoms with van der Waals surface area (Å²) in [5.41, 5.74) is 0.960. The molecular formula is C22H23BrNPS2. The lowest BCUT2D eigenvalue weighted by Crippen LogP contribution is -3.00. The average Bonchev–Trinajstić information content (AvgIpc) is 2.70. The van der Waals surface area contributed by atoms with Crippen molar-refractivity contribution < 1.29 is 17.0 Å². The molecule has 0 spiro atoms. The van der Waals surface area contributed by atoms with Gasteiger partial charge in [-0.1, -0.05) is 78.6 Å². The van der Waals surface area contributed by atoms with Gasteiger partial charge in [-0.2, -0.15) is 0 Å². The van der Waals surface area contributed by atoms with Crippen LogP contribution in [0.2, 0.25) is 0 Å². The first-order valence-corrected chi connectivity index (χ1v) is 11.9. The summed E-state index contributed by atoms with van der Waals surface area (Å²) in [7, 11) is 2.24. The van der Waals surface area contributed by atoms with Gasteiger partial charge in [-0.3, -0.25) is 0 Å². The highest BCUT2D eigenvalue weighted by Gasteiger charge is 2.45. The molecule has 3 aromatic rings. The van der Waals surface area contributed by atoms with Crippen LogP contribution in [0.15, 0.2) is 91.0 Å². The van der Waals surface area contributed by atoms with Crippen molar-refractivity contribution in [1.82, 2.24) is 4.90 Å². The molecule has 5 heteroatoms. The number of hydrogen-bond donors (Lipinski definition) is 0. The van der Waals surface area contributed by atoms with Crippen LogP contribution in [0.1, 0.15) is 0 Å². The van der Waals surface area contributed by atoms with Crippen molar-refractivity contribution in [2.45, 2.75) is 0 Å². The lowest BCUT2D eigenvalue weighted by atomic mass is 10.4. The molecule has 0 aliphatic heterocycles. The second-order valence-corrected chi connectivity index (χ2v) is 11.8. The van der Waals surface area contributed by atoms with E-state index in [-0.39, 0.29) is 17.0 Å². The molecule has 0 atom stereocenters. The van der Waals surface area contributed by atoms with Gasteiger partial charge in [0.25, 0.3) is 0 Å². The van der Waals surface area contributed by atoms with E-state index in [4.69, 9.17) is 12.2 Å². The van der Waals surface area contributed by atoms with Crippen LogP contribution in [0.5, 0.6) is 0 Å². The zero-order valence-electron chi connectivity index (χ0n) is 15.5. The molecule has 27 heavy (non-hydrogen) atoms. The van der Waals surface area contributed by atoms with E-state index >= 15 is 0 Å². The Kier molecular flexibility index (Phi) is 8.50. The normalized spacial score (nSPS) is 10.7. The third-order valence-corrected chi connectivity index (χ3v) is 11.3. The number of nitrogens with zero attached hydrogens (tertiary/aromatic N) is 1. The van der Waals surface area contributed by atoms with E-state index in [1.807, 2.05) is 19.0 Å². The van der Waals surface area contributed by atoms with Crippen LogP contribution < -0.4 is 32.9 Å². The summed E-state index contributed by atoms with van der Waals surface area (Å²) < 4.78 is 0.928. The van der Waals surface area contributed by atoms with Crippen LogP contribution in [-0.4, -0.2) is 28.8 Å². The summed E-state index contributed by atoms with van der Waals surface area (Å²) >= 11 is 7.39. The molecule has 0 bridgehead atoms. The van der Waals surface area contributed by atoms with Gasteiger partial charge < -0.3 is 21.9 Å². The van der Waals surface area contributed by atoms with Crippen molar-refractivity contribution in [2.24, 2.45) is 0 Å². The van der Waals surface area contributed by atoms with E-state index in [0.29, 0.717) is 0 Å². The van der Waals surface area contributed by atoms with Gasteiger partial charge in [-0.15, -0.1) is 0 Å². The number of halogens is 1. The Morgan fingerprint density at radius 3 is 1.37 bits per heavy atom. The van der Waals surface area contributed by atoms with Crippen molar-refractivity contribution in [3.8, 4) is 0 Å². The summed E-state index contributed by atoms with van der Waals surface area (Å²) in [5.74, 6) is 0. The predicted molar refractivity (Wildman–Crippen MR) is 124 cm³/mol. The van der Waals surface area contributed by atoms with E-state index < -0.39 is 7.26 Å². The highest BCUT2D eigenvalue weighted by Crippen LogP contribution is 2.57. The summed E-state index contributed by atoms with van der Waals surface area (Å²) in [6, 6.07) is 32.8. The van der Waals surface area contributed by atoms with Gasteiger partial charge in [-0.25, -0.2) is 0 Å². The van der Waals surface area contributed by atoms with Crippen LogP contribution in [0.25, 0.3) is 0 Å². The van der Waals surface area contributed by atoms with E-state index in [1.165, 1.54) is 15.9 Å². The molecule has 3 rings (SSSR count). The fraction of sp³-hybridized carbons (Fsp3) is 0.136. The quantitative estimate of drug-likeness (QED) is 0.406. The molecule has 0 aliphatic carbocycles. The first kappa shape index (κ1) is 22.1. The third-order valence-electron chi connectivity index (χ3n) is 4.34. The van der Waals surface area contributed by atoms with Crippen LogP contribution in [0, 0.1) is 0 Å². The highest BCUT2D eigenvalue weighted by molar-refractivity contribution is 8.28. The molecule has 0 unspecified atom stereocenters. The van der Waals surface area contributed by atoms with Crippen LogP contribution >= 0.6 is 31.2 Å². The standard InChI is InChI=1S/C22H23NPS2.BrH/c1-23(2)22(25)26-18-24(19-12-6-3-7-13-19,20-14-8-4-9-15-20)21-16-10-5-11-17-21;/h3-17H,18H2,1-2H3;1H/q+1;/p-1. The third kappa shape index (κ3) is 5.00. The number of rotatable bonds is 5. The molecule has 0 aliphatic rings. The monoisotopic (exact) mass is 475 g/mol. The molecule has 3 aromatic carbocycles. The molecule has 0 radical (unpaired) electrons. The summed E-state index contributed by atoms with van der Waals surface area (Å²) in [6.07, 6.45) is 0. The minimum absolute atomic E-state index is 0. The fourth-order valence-corrected chi connectivity index (χ4v) is 9.67. The second kappa shape index (κ2) is 10.4. The topological polar surface area (TPSA) is 3.24 Å². The van der Waals surface area contributed by atoms with Crippen LogP contribution in [-0.2, 0) is 0 Å². The van der Waals surface area contributed by atoms with Crippen molar-refractivity contribution in [2.75, 3.05) is 19.6 Å². The van der Waals surface area contributed by atoms with Gasteiger partial charge in [0.1, 0.15) is 33.0 Å². The van der Waals surface area contributed by atoms with Crippen molar-refractivity contribution in [1.29, 1.82) is 0 Å². The smallest absolute Gasteiger partial charge is 0.139 e. The zero-order valence-corrected chi connectivity index (χ0v) is 19.6. The largest absolute Gasteiger partial charge is 1.00 e. The fourth-order valence-electron chi connectivity index (χ4n) is 3.00. The number of thioether (sulfide) groups is 1. The molecular weight excluding hydrogens is 453 g/mol.